The van der Waals surface area contributed by atoms with Crippen LogP contribution in [0.1, 0.15) is 6.92 Å². The van der Waals surface area contributed by atoms with Gasteiger partial charge >= 0.3 is 0 Å². The molecule has 0 aliphatic carbocycles. The lowest BCUT2D eigenvalue weighted by Gasteiger charge is -1.86. The Balaban J connectivity index is 0. The van der Waals surface area contributed by atoms with Crippen LogP contribution in [0.3, 0.4) is 0 Å². The number of hydrogen-bond acceptors (Lipinski definition) is 2. The summed E-state index contributed by atoms with van der Waals surface area (Å²) >= 11 is 5.19. The van der Waals surface area contributed by atoms with Crippen molar-refractivity contribution >= 4 is 17.6 Å². The van der Waals surface area contributed by atoms with Crippen molar-refractivity contribution in [2.24, 2.45) is 0 Å². The average Bonchev–Trinajstić information content (AvgIpc) is 1.85. The molecule has 10 heavy (non-hydrogen) atoms. The zero-order chi connectivity index (χ0) is 8.57. The number of hydrogen-bond donors (Lipinski definition) is 2. The SMILES string of the molecule is C=C(CO)CCl.CC(=O)O. The van der Waals surface area contributed by atoms with E-state index in [0.29, 0.717) is 11.5 Å². The Morgan fingerprint density at radius 2 is 2.00 bits per heavy atom. The fourth-order valence-electron chi connectivity index (χ4n) is 0.0423. The van der Waals surface area contributed by atoms with Gasteiger partial charge in [-0.25, -0.2) is 0 Å². The number of alkyl halides is 1. The number of aliphatic carboxylic acids is 1. The lowest BCUT2D eigenvalue weighted by molar-refractivity contribution is -0.134. The van der Waals surface area contributed by atoms with Gasteiger partial charge in [-0.2, -0.15) is 0 Å². The maximum Gasteiger partial charge on any atom is 0.300 e. The Morgan fingerprint density at radius 1 is 1.70 bits per heavy atom. The minimum Gasteiger partial charge on any atom is -0.481 e. The van der Waals surface area contributed by atoms with Crippen LogP contribution in [0.15, 0.2) is 12.2 Å². The smallest absolute Gasteiger partial charge is 0.300 e. The third-order valence-electron chi connectivity index (χ3n) is 0.413. The van der Waals surface area contributed by atoms with Crippen molar-refractivity contribution in [1.29, 1.82) is 0 Å². The van der Waals surface area contributed by atoms with Crippen molar-refractivity contribution in [2.75, 3.05) is 12.5 Å². The monoisotopic (exact) mass is 166 g/mol. The van der Waals surface area contributed by atoms with Crippen LogP contribution in [0.2, 0.25) is 0 Å². The number of carboxylic acids is 1. The normalized spacial score (nSPS) is 7.50. The van der Waals surface area contributed by atoms with Gasteiger partial charge in [0.2, 0.25) is 0 Å². The van der Waals surface area contributed by atoms with Crippen molar-refractivity contribution in [2.45, 2.75) is 6.92 Å². The molecule has 3 nitrogen and oxygen atoms in total. The number of halogens is 1. The standard InChI is InChI=1S/C4H7ClO.C2H4O2/c1-4(2-5)3-6;1-2(3)4/h6H,1-3H2;1H3,(H,3,4). The Labute approximate surface area is 64.9 Å². The highest BCUT2D eigenvalue weighted by Gasteiger charge is 1.81. The van der Waals surface area contributed by atoms with E-state index in [0.717, 1.165) is 6.92 Å². The van der Waals surface area contributed by atoms with Crippen LogP contribution < -0.4 is 0 Å². The first-order chi connectivity index (χ1) is 4.54. The molecule has 0 radical (unpaired) electrons. The molecular formula is C6H11ClO3. The zero-order valence-corrected chi connectivity index (χ0v) is 6.56. The molecule has 0 saturated heterocycles. The minimum absolute atomic E-state index is 0.00347. The summed E-state index contributed by atoms with van der Waals surface area (Å²) in [5, 5.41) is 15.6. The van der Waals surface area contributed by atoms with Gasteiger partial charge in [-0.15, -0.1) is 11.6 Å². The molecule has 0 aliphatic rings. The van der Waals surface area contributed by atoms with Gasteiger partial charge in [0.1, 0.15) is 0 Å². The van der Waals surface area contributed by atoms with Crippen LogP contribution in [-0.2, 0) is 4.79 Å². The van der Waals surface area contributed by atoms with Crippen molar-refractivity contribution in [3.63, 3.8) is 0 Å². The Kier molecular flexibility index (Phi) is 10.3. The van der Waals surface area contributed by atoms with E-state index in [9.17, 15) is 0 Å². The number of aliphatic hydroxyl groups excluding tert-OH is 1. The molecule has 0 unspecified atom stereocenters. The molecule has 0 bridgehead atoms. The molecule has 0 spiro atoms. The van der Waals surface area contributed by atoms with E-state index in [1.807, 2.05) is 0 Å². The number of aliphatic hydroxyl groups is 1. The fraction of sp³-hybridized carbons (Fsp3) is 0.500. The topological polar surface area (TPSA) is 57.5 Å². The Hall–Kier alpha value is -0.540. The molecule has 0 aromatic heterocycles. The molecule has 4 heteroatoms. The Morgan fingerprint density at radius 3 is 2.00 bits per heavy atom. The largest absolute Gasteiger partial charge is 0.481 e. The van der Waals surface area contributed by atoms with Gasteiger partial charge < -0.3 is 10.2 Å². The highest BCUT2D eigenvalue weighted by atomic mass is 35.5. The second-order valence-corrected chi connectivity index (χ2v) is 1.83. The molecule has 0 saturated carbocycles. The van der Waals surface area contributed by atoms with Gasteiger partial charge in [0.05, 0.1) is 6.61 Å². The second kappa shape index (κ2) is 8.46. The first-order valence-corrected chi connectivity index (χ1v) is 3.11. The second-order valence-electron chi connectivity index (χ2n) is 1.56. The predicted molar refractivity (Wildman–Crippen MR) is 40.3 cm³/mol. The third-order valence-corrected chi connectivity index (χ3v) is 0.791. The van der Waals surface area contributed by atoms with E-state index in [1.54, 1.807) is 0 Å². The van der Waals surface area contributed by atoms with Gasteiger partial charge in [-0.1, -0.05) is 6.58 Å². The summed E-state index contributed by atoms with van der Waals surface area (Å²) in [6.07, 6.45) is 0. The van der Waals surface area contributed by atoms with Crippen molar-refractivity contribution < 1.29 is 15.0 Å². The predicted octanol–water partition coefficient (Wildman–Crippen LogP) is 0.865. The van der Waals surface area contributed by atoms with Crippen LogP contribution in [0.25, 0.3) is 0 Å². The highest BCUT2D eigenvalue weighted by molar-refractivity contribution is 6.19. The molecule has 0 aromatic carbocycles. The molecule has 2 N–H and O–H groups in total. The van der Waals surface area contributed by atoms with Crippen LogP contribution in [0, 0.1) is 0 Å². The Bertz CT molecular complexity index is 102. The molecule has 0 fully saturated rings. The summed E-state index contributed by atoms with van der Waals surface area (Å²) < 4.78 is 0. The maximum absolute atomic E-state index is 9.00. The third kappa shape index (κ3) is 26.0. The van der Waals surface area contributed by atoms with E-state index < -0.39 is 5.97 Å². The summed E-state index contributed by atoms with van der Waals surface area (Å²) in [6.45, 7) is 4.50. The van der Waals surface area contributed by atoms with Gasteiger partial charge in [0, 0.05) is 12.8 Å². The van der Waals surface area contributed by atoms with E-state index in [2.05, 4.69) is 6.58 Å². The average molecular weight is 167 g/mol. The van der Waals surface area contributed by atoms with Gasteiger partial charge in [0.25, 0.3) is 5.97 Å². The zero-order valence-electron chi connectivity index (χ0n) is 5.80. The van der Waals surface area contributed by atoms with Crippen molar-refractivity contribution in [3.05, 3.63) is 12.2 Å². The fourth-order valence-corrected chi connectivity index (χ4v) is 0.127. The van der Waals surface area contributed by atoms with E-state index in [1.165, 1.54) is 0 Å². The van der Waals surface area contributed by atoms with Crippen LogP contribution in [0.5, 0.6) is 0 Å². The summed E-state index contributed by atoms with van der Waals surface area (Å²) in [4.78, 5) is 9.00. The summed E-state index contributed by atoms with van der Waals surface area (Å²) in [6, 6.07) is 0. The molecule has 0 rings (SSSR count). The molecular weight excluding hydrogens is 156 g/mol. The molecule has 60 valence electrons. The van der Waals surface area contributed by atoms with Crippen LogP contribution in [0.4, 0.5) is 0 Å². The first kappa shape index (κ1) is 12.2. The van der Waals surface area contributed by atoms with Gasteiger partial charge in [-0.05, 0) is 5.57 Å². The molecule has 0 aromatic rings. The van der Waals surface area contributed by atoms with Crippen LogP contribution in [-0.4, -0.2) is 28.7 Å². The minimum atomic E-state index is -0.833. The summed E-state index contributed by atoms with van der Waals surface area (Å²) in [5.74, 6) is -0.476. The number of rotatable bonds is 2. The van der Waals surface area contributed by atoms with E-state index >= 15 is 0 Å². The lowest BCUT2D eigenvalue weighted by atomic mass is 10.4. The first-order valence-electron chi connectivity index (χ1n) is 2.57. The maximum atomic E-state index is 9.00. The van der Waals surface area contributed by atoms with Gasteiger partial charge in [-0.3, -0.25) is 4.79 Å². The number of carbonyl (C=O) groups is 1. The lowest BCUT2D eigenvalue weighted by Crippen LogP contribution is -1.86. The summed E-state index contributed by atoms with van der Waals surface area (Å²) in [7, 11) is 0. The summed E-state index contributed by atoms with van der Waals surface area (Å²) in [5.41, 5.74) is 0.664. The van der Waals surface area contributed by atoms with Crippen molar-refractivity contribution in [1.82, 2.24) is 0 Å². The molecule has 0 atom stereocenters. The quantitative estimate of drug-likeness (QED) is 0.473. The molecule has 0 aliphatic heterocycles. The van der Waals surface area contributed by atoms with E-state index in [-0.39, 0.29) is 6.61 Å². The van der Waals surface area contributed by atoms with Crippen LogP contribution >= 0.6 is 11.6 Å². The van der Waals surface area contributed by atoms with Crippen molar-refractivity contribution in [3.8, 4) is 0 Å². The highest BCUT2D eigenvalue weighted by Crippen LogP contribution is 1.88. The van der Waals surface area contributed by atoms with Gasteiger partial charge in [0.15, 0.2) is 0 Å². The number of carboxylic acid groups (broad SMARTS) is 1. The van der Waals surface area contributed by atoms with E-state index in [4.69, 9.17) is 26.6 Å². The molecule has 0 heterocycles. The molecule has 0 amide bonds.